The van der Waals surface area contributed by atoms with E-state index in [9.17, 15) is 43.3 Å². The average molecular weight is 977 g/mol. The lowest BCUT2D eigenvalue weighted by atomic mass is 10.0. The molecule has 4 aromatic heterocycles. The number of methoxy groups -OCH3 is 1. The molecule has 8 atom stereocenters. The summed E-state index contributed by atoms with van der Waals surface area (Å²) in [5, 5.41) is 14.5. The smallest absolute Gasteiger partial charge is 0.472 e. The van der Waals surface area contributed by atoms with Crippen LogP contribution in [0.5, 0.6) is 5.75 Å². The zero-order chi connectivity index (χ0) is 48.4. The molecule has 0 spiro atoms. The number of benzene rings is 1. The topological polar surface area (TPSA) is 382 Å². The van der Waals surface area contributed by atoms with Gasteiger partial charge < -0.3 is 59.9 Å². The molecule has 0 bridgehead atoms. The number of phosphoric acid groups is 2. The molecule has 29 heteroatoms. The van der Waals surface area contributed by atoms with Gasteiger partial charge in [0, 0.05) is 24.6 Å². The van der Waals surface area contributed by atoms with Gasteiger partial charge in [0.1, 0.15) is 54.1 Å². The third-order valence-electron chi connectivity index (χ3n) is 10.6. The number of carbonyl (C=O) groups is 2. The lowest BCUT2D eigenvalue weighted by Gasteiger charge is -2.23. The summed E-state index contributed by atoms with van der Waals surface area (Å²) in [5.74, 6) is -1.36. The number of ether oxygens (including phenoxy) is 4. The predicted octanol–water partition coefficient (Wildman–Crippen LogP) is 1.49. The van der Waals surface area contributed by atoms with Gasteiger partial charge in [0.2, 0.25) is 11.8 Å². The summed E-state index contributed by atoms with van der Waals surface area (Å²) in [5.41, 5.74) is 12.4. The van der Waals surface area contributed by atoms with Gasteiger partial charge in [-0.25, -0.2) is 38.7 Å². The fraction of sp³-hybridized carbons (Fsp3) is 0.421. The molecule has 0 aliphatic carbocycles. The number of esters is 1. The molecule has 0 radical (unpaired) electrons. The summed E-state index contributed by atoms with van der Waals surface area (Å²) in [6.45, 7) is 5.23. The largest absolute Gasteiger partial charge is 0.496 e. The van der Waals surface area contributed by atoms with E-state index < -0.39 is 89.2 Å². The number of nitrogens with one attached hydrogen (secondary N) is 1. The third-order valence-corrected chi connectivity index (χ3v) is 12.1. The minimum atomic E-state index is -5.27. The van der Waals surface area contributed by atoms with Crippen LogP contribution in [0.4, 0.5) is 11.6 Å². The van der Waals surface area contributed by atoms with Crippen LogP contribution in [0.2, 0.25) is 0 Å². The monoisotopic (exact) mass is 976 g/mol. The number of allylic oxidation sites excluding steroid dienone is 1. The number of aliphatic hydroxyl groups excluding tert-OH is 1. The van der Waals surface area contributed by atoms with Gasteiger partial charge in [-0.1, -0.05) is 6.08 Å². The number of phosphoric ester groups is 2. The van der Waals surface area contributed by atoms with E-state index in [4.69, 9.17) is 43.9 Å². The Morgan fingerprint density at radius 1 is 1.04 bits per heavy atom. The van der Waals surface area contributed by atoms with Crippen LogP contribution in [0.3, 0.4) is 0 Å². The molecule has 2 aliphatic rings. The van der Waals surface area contributed by atoms with Crippen molar-refractivity contribution in [2.75, 3.05) is 31.8 Å². The Balaban J connectivity index is 1.17. The SMILES string of the molecule is C=CCCC(=O)NCc1nc(C(=O)OC2[C@@H](COP(=O)(O)OC3C[C@H](n4ccc(N)nc4=O)O[C@@H]3COP(=O)(O)O)O[C@@H](n3cnc4c(N)ncnc43)[C@H]2O)c(-c2cc(C)c(C)c(OC)c2)o1. The fourth-order valence-electron chi connectivity index (χ4n) is 7.22. The molecule has 7 rings (SSSR count). The quantitative estimate of drug-likeness (QED) is 0.0350. The molecule has 67 heavy (non-hydrogen) atoms. The number of nitrogen functional groups attached to an aromatic ring is 2. The average Bonchev–Trinajstić information content (AvgIpc) is 4.06. The van der Waals surface area contributed by atoms with E-state index in [0.29, 0.717) is 17.7 Å². The minimum absolute atomic E-state index is 0.00754. The number of aliphatic hydroxyl groups is 1. The number of aryl methyl sites for hydroxylation is 1. The van der Waals surface area contributed by atoms with Gasteiger partial charge in [-0.15, -0.1) is 6.58 Å². The van der Waals surface area contributed by atoms with E-state index in [-0.39, 0.29) is 59.7 Å². The molecular weight excluding hydrogens is 930 g/mol. The number of hydrogen-bond donors (Lipinski definition) is 7. The summed E-state index contributed by atoms with van der Waals surface area (Å²) in [6.07, 6.45) is -5.41. The maximum Gasteiger partial charge on any atom is 0.472 e. The second-order valence-corrected chi connectivity index (χ2v) is 17.8. The number of imidazole rings is 1. The summed E-state index contributed by atoms with van der Waals surface area (Å²) in [7, 11) is -8.91. The molecule has 0 saturated carbocycles. The number of fused-ring (bicyclic) bond motifs is 1. The Kier molecular flexibility index (Phi) is 14.7. The summed E-state index contributed by atoms with van der Waals surface area (Å²) in [4.78, 5) is 89.4. The number of nitrogens with zero attached hydrogens (tertiary/aromatic N) is 7. The van der Waals surface area contributed by atoms with E-state index in [1.807, 2.05) is 13.8 Å². The van der Waals surface area contributed by atoms with Crippen molar-refractivity contribution in [1.82, 2.24) is 39.4 Å². The molecule has 2 fully saturated rings. The maximum atomic E-state index is 14.3. The second-order valence-electron chi connectivity index (χ2n) is 15.1. The van der Waals surface area contributed by atoms with Crippen LogP contribution in [0.15, 0.2) is 58.9 Å². The van der Waals surface area contributed by atoms with Crippen LogP contribution in [0.1, 0.15) is 59.2 Å². The summed E-state index contributed by atoms with van der Waals surface area (Å²) in [6, 6.07) is 4.59. The number of anilines is 2. The van der Waals surface area contributed by atoms with Crippen molar-refractivity contribution in [3.63, 3.8) is 0 Å². The number of nitrogens with two attached hydrogens (primary N) is 2. The molecule has 3 unspecified atom stereocenters. The molecule has 9 N–H and O–H groups in total. The van der Waals surface area contributed by atoms with Crippen molar-refractivity contribution >= 4 is 50.3 Å². The minimum Gasteiger partial charge on any atom is -0.496 e. The van der Waals surface area contributed by atoms with E-state index >= 15 is 0 Å². The van der Waals surface area contributed by atoms with Crippen molar-refractivity contribution in [3.05, 3.63) is 82.9 Å². The van der Waals surface area contributed by atoms with E-state index in [0.717, 1.165) is 22.0 Å². The standard InChI is InChI=1S/C38H46N10O17P2/c1-5-6-7-26(49)41-13-27-46-29(32(63-27)20-10-18(2)19(3)21(11-20)58-4)37(51)64-33-24(62-36(31(33)50)48-17-44-30-34(40)42-16-43-35(30)48)15-60-67(56,57)65-22-12-28(47-9-8-25(39)45-38(47)52)61-23(22)14-59-66(53,54)55/h5,8-11,16-17,22-24,28,31,33,36,50H,1,6-7,12-15H2,2-4H3,(H,41,49)(H,56,57)(H2,39,45,52)(H2,40,42,43)(H2,53,54,55)/t22?,23-,24-,28-,31+,33?,36-/m1/s1. The van der Waals surface area contributed by atoms with Crippen LogP contribution in [-0.2, 0) is 48.3 Å². The normalized spacial score (nSPS) is 22.7. The van der Waals surface area contributed by atoms with Crippen molar-refractivity contribution in [2.24, 2.45) is 0 Å². The second kappa shape index (κ2) is 20.1. The number of aromatic nitrogens is 7. The first kappa shape index (κ1) is 49.0. The predicted molar refractivity (Wildman–Crippen MR) is 228 cm³/mol. The van der Waals surface area contributed by atoms with Crippen LogP contribution in [0, 0.1) is 13.8 Å². The molecule has 1 aromatic carbocycles. The Bertz CT molecular complexity index is 2810. The zero-order valence-corrected chi connectivity index (χ0v) is 37.6. The van der Waals surface area contributed by atoms with E-state index in [1.165, 1.54) is 30.3 Å². The highest BCUT2D eigenvalue weighted by molar-refractivity contribution is 7.47. The summed E-state index contributed by atoms with van der Waals surface area (Å²) < 4.78 is 72.2. The Hall–Kier alpha value is -5.96. The van der Waals surface area contributed by atoms with Gasteiger partial charge in [-0.3, -0.25) is 27.5 Å². The van der Waals surface area contributed by atoms with Crippen molar-refractivity contribution in [1.29, 1.82) is 0 Å². The van der Waals surface area contributed by atoms with Crippen molar-refractivity contribution in [3.8, 4) is 17.1 Å². The van der Waals surface area contributed by atoms with Gasteiger partial charge in [-0.2, -0.15) is 4.98 Å². The Morgan fingerprint density at radius 3 is 2.52 bits per heavy atom. The first-order valence-electron chi connectivity index (χ1n) is 20.1. The van der Waals surface area contributed by atoms with Crippen LogP contribution >= 0.6 is 15.6 Å². The Morgan fingerprint density at radius 2 is 1.81 bits per heavy atom. The molecule has 2 saturated heterocycles. The molecule has 1 amide bonds. The highest BCUT2D eigenvalue weighted by atomic mass is 31.2. The van der Waals surface area contributed by atoms with E-state index in [2.05, 4.69) is 41.3 Å². The number of carbonyl (C=O) groups excluding carboxylic acids is 2. The van der Waals surface area contributed by atoms with Crippen molar-refractivity contribution in [2.45, 2.75) is 82.6 Å². The summed E-state index contributed by atoms with van der Waals surface area (Å²) >= 11 is 0. The highest BCUT2D eigenvalue weighted by Crippen LogP contribution is 2.50. The lowest BCUT2D eigenvalue weighted by molar-refractivity contribution is -0.121. The molecule has 360 valence electrons. The maximum absolute atomic E-state index is 14.3. The van der Waals surface area contributed by atoms with Gasteiger partial charge in [0.05, 0.1) is 33.2 Å². The van der Waals surface area contributed by atoms with Crippen LogP contribution in [-0.4, -0.2) is 117 Å². The van der Waals surface area contributed by atoms with Gasteiger partial charge in [0.25, 0.3) is 0 Å². The molecular formula is C38H46N10O17P2. The number of oxazole rings is 1. The third kappa shape index (κ3) is 11.3. The van der Waals surface area contributed by atoms with Crippen LogP contribution < -0.4 is 27.2 Å². The van der Waals surface area contributed by atoms with Gasteiger partial charge >= 0.3 is 27.3 Å². The Labute approximate surface area is 378 Å². The number of hydrogen-bond acceptors (Lipinski definition) is 21. The van der Waals surface area contributed by atoms with Crippen molar-refractivity contribution < 1.29 is 75.4 Å². The lowest BCUT2D eigenvalue weighted by Crippen LogP contribution is -2.38. The van der Waals surface area contributed by atoms with Gasteiger partial charge in [-0.05, 0) is 49.6 Å². The first-order chi connectivity index (χ1) is 31.7. The van der Waals surface area contributed by atoms with E-state index in [1.54, 1.807) is 18.2 Å². The first-order valence-corrected chi connectivity index (χ1v) is 23.1. The number of amides is 1. The van der Waals surface area contributed by atoms with Crippen LogP contribution in [0.25, 0.3) is 22.5 Å². The molecule has 6 heterocycles. The molecule has 5 aromatic rings. The molecule has 27 nitrogen and oxygen atoms in total. The highest BCUT2D eigenvalue weighted by Gasteiger charge is 2.50. The van der Waals surface area contributed by atoms with Gasteiger partial charge in [0.15, 0.2) is 35.3 Å². The number of rotatable bonds is 19. The molecule has 2 aliphatic heterocycles. The fourth-order valence-corrected chi connectivity index (χ4v) is 8.52. The zero-order valence-electron chi connectivity index (χ0n) is 35.8.